The van der Waals surface area contributed by atoms with E-state index in [1.807, 2.05) is 48.8 Å². The van der Waals surface area contributed by atoms with E-state index in [-0.39, 0.29) is 0 Å². The quantitative estimate of drug-likeness (QED) is 0.154. The van der Waals surface area contributed by atoms with Crippen molar-refractivity contribution in [3.63, 3.8) is 0 Å². The predicted molar refractivity (Wildman–Crippen MR) is 250 cm³/mol. The van der Waals surface area contributed by atoms with Crippen LogP contribution in [-0.4, -0.2) is 24.5 Å². The van der Waals surface area contributed by atoms with Gasteiger partial charge in [0, 0.05) is 63.5 Å². The van der Waals surface area contributed by atoms with Crippen molar-refractivity contribution in [2.75, 3.05) is 0 Å². The lowest BCUT2D eigenvalue weighted by atomic mass is 9.91. The van der Waals surface area contributed by atoms with Crippen LogP contribution in [-0.2, 0) is 0 Å². The molecule has 286 valence electrons. The highest BCUT2D eigenvalue weighted by atomic mass is 15.0. The molecule has 0 spiro atoms. The molecule has 61 heavy (non-hydrogen) atoms. The van der Waals surface area contributed by atoms with Crippen LogP contribution in [0.25, 0.3) is 106 Å². The predicted octanol–water partition coefficient (Wildman–Crippen LogP) is 14.0. The van der Waals surface area contributed by atoms with Gasteiger partial charge in [0.05, 0.1) is 33.8 Å². The molecule has 0 aliphatic rings. The summed E-state index contributed by atoms with van der Waals surface area (Å²) in [4.78, 5) is 18.8. The molecule has 0 aliphatic carbocycles. The van der Waals surface area contributed by atoms with Gasteiger partial charge in [-0.15, -0.1) is 0 Å². The molecule has 0 saturated heterocycles. The Morgan fingerprint density at radius 3 is 1.28 bits per heavy atom. The maximum atomic E-state index is 5.07. The van der Waals surface area contributed by atoms with Crippen molar-refractivity contribution >= 4 is 21.8 Å². The van der Waals surface area contributed by atoms with Crippen LogP contribution in [0, 0.1) is 0 Å². The third-order valence-electron chi connectivity index (χ3n) is 11.3. The molecule has 6 aromatic carbocycles. The highest BCUT2D eigenvalue weighted by Gasteiger charge is 2.16. The van der Waals surface area contributed by atoms with E-state index in [4.69, 9.17) is 9.97 Å². The first kappa shape index (κ1) is 35.8. The van der Waals surface area contributed by atoms with Gasteiger partial charge in [0.15, 0.2) is 0 Å². The molecule has 0 fully saturated rings. The molecule has 5 heterocycles. The summed E-state index contributed by atoms with van der Waals surface area (Å²) in [6, 6.07) is 70.9. The Kier molecular flexibility index (Phi) is 9.10. The van der Waals surface area contributed by atoms with Gasteiger partial charge in [0.2, 0.25) is 0 Å². The zero-order valence-corrected chi connectivity index (χ0v) is 33.1. The van der Waals surface area contributed by atoms with E-state index < -0.39 is 0 Å². The van der Waals surface area contributed by atoms with Gasteiger partial charge in [-0.25, -0.2) is 9.97 Å². The van der Waals surface area contributed by atoms with Gasteiger partial charge in [0.25, 0.3) is 0 Å². The number of fused-ring (bicyclic) bond motifs is 3. The molecule has 0 amide bonds. The van der Waals surface area contributed by atoms with Crippen molar-refractivity contribution < 1.29 is 0 Å². The van der Waals surface area contributed by atoms with Gasteiger partial charge in [-0.2, -0.15) is 0 Å². The van der Waals surface area contributed by atoms with Crippen LogP contribution in [0.3, 0.4) is 0 Å². The number of hydrogen-bond acceptors (Lipinski definition) is 4. The number of benzene rings is 6. The van der Waals surface area contributed by atoms with E-state index in [2.05, 4.69) is 178 Å². The minimum Gasteiger partial charge on any atom is -0.309 e. The largest absolute Gasteiger partial charge is 0.309 e. The second-order valence-corrected chi connectivity index (χ2v) is 15.2. The molecule has 5 aromatic heterocycles. The van der Waals surface area contributed by atoms with E-state index in [0.717, 1.165) is 84.1 Å². The summed E-state index contributed by atoms with van der Waals surface area (Å²) in [5, 5.41) is 2.44. The molecule has 0 bridgehead atoms. The lowest BCUT2D eigenvalue weighted by Gasteiger charge is -2.14. The van der Waals surface area contributed by atoms with Crippen LogP contribution in [0.15, 0.2) is 225 Å². The van der Waals surface area contributed by atoms with E-state index in [1.54, 1.807) is 12.4 Å². The summed E-state index contributed by atoms with van der Waals surface area (Å²) in [5.74, 6) is 0. The van der Waals surface area contributed by atoms with Crippen molar-refractivity contribution in [2.24, 2.45) is 0 Å². The standard InChI is InChI=1S/C56H37N5/c1-2-18-48(19-3-1)61-55-25-5-4-20-49(55)50-35-40(26-27-56(50)61)47-33-45(38-12-6-14-41(30-38)51-21-8-23-53(59-51)43-16-10-28-57-36-43)32-46(34-47)39-13-7-15-42(31-39)52-22-9-24-54(60-52)44-17-11-29-58-37-44/h1-37H. The second kappa shape index (κ2) is 15.5. The highest BCUT2D eigenvalue weighted by Crippen LogP contribution is 2.39. The number of hydrogen-bond donors (Lipinski definition) is 0. The van der Waals surface area contributed by atoms with Crippen LogP contribution in [0.2, 0.25) is 0 Å². The maximum absolute atomic E-state index is 5.07. The molecule has 11 aromatic rings. The van der Waals surface area contributed by atoms with Gasteiger partial charge in [0.1, 0.15) is 0 Å². The summed E-state index contributed by atoms with van der Waals surface area (Å²) < 4.78 is 2.36. The Balaban J connectivity index is 1.06. The molecule has 0 saturated carbocycles. The van der Waals surface area contributed by atoms with Gasteiger partial charge in [-0.3, -0.25) is 9.97 Å². The topological polar surface area (TPSA) is 56.5 Å². The smallest absolute Gasteiger partial charge is 0.0725 e. The zero-order valence-electron chi connectivity index (χ0n) is 33.1. The lowest BCUT2D eigenvalue weighted by molar-refractivity contribution is 1.18. The Hall–Kier alpha value is -8.28. The minimum atomic E-state index is 0.893. The number of pyridine rings is 4. The van der Waals surface area contributed by atoms with Crippen LogP contribution in [0.4, 0.5) is 0 Å². The average molecular weight is 780 g/mol. The molecule has 0 aliphatic heterocycles. The normalized spacial score (nSPS) is 11.3. The molecule has 0 radical (unpaired) electrons. The summed E-state index contributed by atoms with van der Waals surface area (Å²) in [6.07, 6.45) is 7.28. The van der Waals surface area contributed by atoms with Crippen molar-refractivity contribution in [2.45, 2.75) is 0 Å². The molecular weight excluding hydrogens is 743 g/mol. The molecule has 11 rings (SSSR count). The summed E-state index contributed by atoms with van der Waals surface area (Å²) in [7, 11) is 0. The minimum absolute atomic E-state index is 0.893. The van der Waals surface area contributed by atoms with Gasteiger partial charge in [-0.05, 0) is 143 Å². The molecular formula is C56H37N5. The van der Waals surface area contributed by atoms with Crippen molar-refractivity contribution in [3.8, 4) is 84.1 Å². The molecule has 0 unspecified atom stereocenters. The van der Waals surface area contributed by atoms with Crippen molar-refractivity contribution in [1.82, 2.24) is 24.5 Å². The van der Waals surface area contributed by atoms with E-state index in [1.165, 1.54) is 21.8 Å². The highest BCUT2D eigenvalue weighted by molar-refractivity contribution is 6.10. The van der Waals surface area contributed by atoms with Gasteiger partial charge < -0.3 is 4.57 Å². The number of para-hydroxylation sites is 2. The first-order valence-electron chi connectivity index (χ1n) is 20.4. The summed E-state index contributed by atoms with van der Waals surface area (Å²) in [5.41, 5.74) is 17.9. The third-order valence-corrected chi connectivity index (χ3v) is 11.3. The van der Waals surface area contributed by atoms with Crippen LogP contribution < -0.4 is 0 Å². The maximum Gasteiger partial charge on any atom is 0.0725 e. The van der Waals surface area contributed by atoms with E-state index >= 15 is 0 Å². The van der Waals surface area contributed by atoms with Crippen molar-refractivity contribution in [3.05, 3.63) is 225 Å². The molecule has 0 N–H and O–H groups in total. The van der Waals surface area contributed by atoms with Crippen molar-refractivity contribution in [1.29, 1.82) is 0 Å². The number of rotatable bonds is 8. The van der Waals surface area contributed by atoms with E-state index in [9.17, 15) is 0 Å². The fourth-order valence-electron chi connectivity index (χ4n) is 8.39. The fraction of sp³-hybridized carbons (Fsp3) is 0. The third kappa shape index (κ3) is 6.94. The molecule has 5 heteroatoms. The van der Waals surface area contributed by atoms with Crippen LogP contribution >= 0.6 is 0 Å². The van der Waals surface area contributed by atoms with Gasteiger partial charge in [-0.1, -0.05) is 91.0 Å². The Morgan fingerprint density at radius 1 is 0.279 bits per heavy atom. The fourth-order valence-corrected chi connectivity index (χ4v) is 8.39. The SMILES string of the molecule is c1ccc(-n2c3ccccc3c3cc(-c4cc(-c5cccc(-c6cccc(-c7cccnc7)n6)c5)cc(-c5cccc(-c6cccc(-c7cccnc7)n6)c5)c4)ccc32)cc1. The average Bonchev–Trinajstić information content (AvgIpc) is 3.68. The number of nitrogens with zero attached hydrogens (tertiary/aromatic N) is 5. The Labute approximate surface area is 354 Å². The first-order chi connectivity index (χ1) is 30.2. The monoisotopic (exact) mass is 779 g/mol. The number of aromatic nitrogens is 5. The zero-order chi connectivity index (χ0) is 40.5. The van der Waals surface area contributed by atoms with Crippen LogP contribution in [0.5, 0.6) is 0 Å². The lowest BCUT2D eigenvalue weighted by Crippen LogP contribution is -1.93. The summed E-state index contributed by atoms with van der Waals surface area (Å²) >= 11 is 0. The molecule has 5 nitrogen and oxygen atoms in total. The van der Waals surface area contributed by atoms with Gasteiger partial charge >= 0.3 is 0 Å². The Morgan fingerprint density at radius 2 is 0.721 bits per heavy atom. The summed E-state index contributed by atoms with van der Waals surface area (Å²) in [6.45, 7) is 0. The molecule has 0 atom stereocenters. The van der Waals surface area contributed by atoms with E-state index in [0.29, 0.717) is 0 Å². The second-order valence-electron chi connectivity index (χ2n) is 15.2. The van der Waals surface area contributed by atoms with Crippen LogP contribution in [0.1, 0.15) is 0 Å². The first-order valence-corrected chi connectivity index (χ1v) is 20.4. The Bertz CT molecular complexity index is 3210.